The van der Waals surface area contributed by atoms with Crippen LogP contribution < -0.4 is 10.6 Å². The van der Waals surface area contributed by atoms with E-state index in [-0.39, 0.29) is 33.5 Å². The molecule has 12 heteroatoms. The molecule has 1 aromatic heterocycles. The van der Waals surface area contributed by atoms with Gasteiger partial charge in [0.15, 0.2) is 0 Å². The molecule has 0 radical (unpaired) electrons. The van der Waals surface area contributed by atoms with Crippen LogP contribution in [0.5, 0.6) is 0 Å². The Morgan fingerprint density at radius 2 is 1.85 bits per heavy atom. The van der Waals surface area contributed by atoms with Crippen molar-refractivity contribution in [2.75, 3.05) is 11.1 Å². The molecule has 1 atom stereocenters. The van der Waals surface area contributed by atoms with Crippen molar-refractivity contribution in [3.63, 3.8) is 0 Å². The molecule has 2 amide bonds. The summed E-state index contributed by atoms with van der Waals surface area (Å²) in [5, 5.41) is 14.3. The molecular formula is C21H19Cl4N5O2S. The van der Waals surface area contributed by atoms with E-state index in [1.807, 2.05) is 13.8 Å². The molecule has 174 valence electrons. The van der Waals surface area contributed by atoms with E-state index in [2.05, 4.69) is 25.8 Å². The van der Waals surface area contributed by atoms with Crippen molar-refractivity contribution < 1.29 is 9.59 Å². The van der Waals surface area contributed by atoms with Gasteiger partial charge >= 0.3 is 0 Å². The van der Waals surface area contributed by atoms with Gasteiger partial charge in [-0.05, 0) is 36.2 Å². The van der Waals surface area contributed by atoms with Gasteiger partial charge in [-0.3, -0.25) is 14.7 Å². The standard InChI is InChI=1S/C21H19Cl4N5O2S/c1-10(2)18(27-20(32)12-7-6-11(22)8-14(12)24)19-28-21(30-29-19)33-9-16(31)26-15-5-3-4-13(23)17(15)25/h3-8,10,18H,9H2,1-2H3,(H,26,31)(H,27,32)(H,28,29,30)/t18-/m0/s1. The highest BCUT2D eigenvalue weighted by molar-refractivity contribution is 7.99. The molecule has 0 unspecified atom stereocenters. The molecule has 0 aliphatic rings. The third-order valence-corrected chi connectivity index (χ3v) is 6.68. The molecule has 0 fully saturated rings. The normalized spacial score (nSPS) is 12.0. The van der Waals surface area contributed by atoms with Gasteiger partial charge in [0.1, 0.15) is 5.82 Å². The molecule has 7 nitrogen and oxygen atoms in total. The van der Waals surface area contributed by atoms with Gasteiger partial charge in [0.05, 0.1) is 38.1 Å². The van der Waals surface area contributed by atoms with Crippen molar-refractivity contribution in [3.8, 4) is 0 Å². The SMILES string of the molecule is CC(C)[C@H](NC(=O)c1ccc(Cl)cc1Cl)c1nc(SCC(=O)Nc2cccc(Cl)c2Cl)n[nH]1. The highest BCUT2D eigenvalue weighted by Crippen LogP contribution is 2.30. The summed E-state index contributed by atoms with van der Waals surface area (Å²) in [4.78, 5) is 29.4. The predicted molar refractivity (Wildman–Crippen MR) is 134 cm³/mol. The van der Waals surface area contributed by atoms with E-state index in [1.54, 1.807) is 30.3 Å². The lowest BCUT2D eigenvalue weighted by Gasteiger charge is -2.20. The third-order valence-electron chi connectivity index (χ3n) is 4.46. The predicted octanol–water partition coefficient (Wildman–Crippen LogP) is 6.28. The van der Waals surface area contributed by atoms with Crippen LogP contribution in [-0.2, 0) is 4.79 Å². The number of hydrogen-bond donors (Lipinski definition) is 3. The monoisotopic (exact) mass is 545 g/mol. The maximum atomic E-state index is 12.7. The third kappa shape index (κ3) is 6.77. The number of halogens is 4. The van der Waals surface area contributed by atoms with Gasteiger partial charge in [-0.1, -0.05) is 78.1 Å². The second kappa shape index (κ2) is 11.4. The van der Waals surface area contributed by atoms with E-state index in [9.17, 15) is 9.59 Å². The van der Waals surface area contributed by atoms with Crippen molar-refractivity contribution in [3.05, 3.63) is 67.9 Å². The van der Waals surface area contributed by atoms with Crippen LogP contribution in [0.1, 0.15) is 36.1 Å². The van der Waals surface area contributed by atoms with Crippen LogP contribution in [0.15, 0.2) is 41.6 Å². The van der Waals surface area contributed by atoms with Gasteiger partial charge < -0.3 is 10.6 Å². The fraction of sp³-hybridized carbons (Fsp3) is 0.238. The number of hydrogen-bond acceptors (Lipinski definition) is 5. The molecule has 0 saturated heterocycles. The second-order valence-electron chi connectivity index (χ2n) is 7.26. The summed E-state index contributed by atoms with van der Waals surface area (Å²) in [7, 11) is 0. The number of nitrogens with one attached hydrogen (secondary N) is 3. The largest absolute Gasteiger partial charge is 0.342 e. The second-order valence-corrected chi connectivity index (χ2v) is 9.83. The number of nitrogens with zero attached hydrogens (tertiary/aromatic N) is 2. The maximum absolute atomic E-state index is 12.7. The molecular weight excluding hydrogens is 528 g/mol. The molecule has 3 rings (SSSR count). The minimum Gasteiger partial charge on any atom is -0.342 e. The Kier molecular flexibility index (Phi) is 8.89. The van der Waals surface area contributed by atoms with E-state index < -0.39 is 6.04 Å². The highest BCUT2D eigenvalue weighted by atomic mass is 35.5. The Morgan fingerprint density at radius 3 is 2.55 bits per heavy atom. The van der Waals surface area contributed by atoms with E-state index in [0.717, 1.165) is 11.8 Å². The zero-order valence-electron chi connectivity index (χ0n) is 17.5. The minimum atomic E-state index is -0.454. The van der Waals surface area contributed by atoms with Gasteiger partial charge in [0.25, 0.3) is 5.91 Å². The first-order chi connectivity index (χ1) is 15.7. The first-order valence-electron chi connectivity index (χ1n) is 9.70. The minimum absolute atomic E-state index is 0.000838. The maximum Gasteiger partial charge on any atom is 0.253 e. The molecule has 0 aliphatic heterocycles. The van der Waals surface area contributed by atoms with Gasteiger partial charge in [-0.25, -0.2) is 4.98 Å². The summed E-state index contributed by atoms with van der Waals surface area (Å²) in [5.74, 6) is -0.136. The summed E-state index contributed by atoms with van der Waals surface area (Å²) in [6.07, 6.45) is 0. The number of aromatic nitrogens is 3. The molecule has 3 aromatic rings. The number of carbonyl (C=O) groups excluding carboxylic acids is 2. The molecule has 2 aromatic carbocycles. The Balaban J connectivity index is 1.63. The molecule has 0 bridgehead atoms. The summed E-state index contributed by atoms with van der Waals surface area (Å²) < 4.78 is 0. The van der Waals surface area contributed by atoms with Crippen LogP contribution in [0.2, 0.25) is 20.1 Å². The number of amides is 2. The van der Waals surface area contributed by atoms with E-state index in [4.69, 9.17) is 46.4 Å². The summed E-state index contributed by atoms with van der Waals surface area (Å²) in [6.45, 7) is 3.87. The van der Waals surface area contributed by atoms with Gasteiger partial charge in [-0.2, -0.15) is 0 Å². The highest BCUT2D eigenvalue weighted by Gasteiger charge is 2.24. The summed E-state index contributed by atoms with van der Waals surface area (Å²) in [5.41, 5.74) is 0.728. The first-order valence-corrected chi connectivity index (χ1v) is 12.2. The van der Waals surface area contributed by atoms with Crippen molar-refractivity contribution in [2.45, 2.75) is 25.0 Å². The van der Waals surface area contributed by atoms with E-state index in [1.165, 1.54) is 6.07 Å². The molecule has 0 spiro atoms. The molecule has 1 heterocycles. The number of benzene rings is 2. The van der Waals surface area contributed by atoms with E-state index in [0.29, 0.717) is 32.3 Å². The van der Waals surface area contributed by atoms with Crippen molar-refractivity contribution in [2.24, 2.45) is 5.92 Å². The molecule has 33 heavy (non-hydrogen) atoms. The van der Waals surface area contributed by atoms with Crippen LogP contribution in [0, 0.1) is 5.92 Å². The smallest absolute Gasteiger partial charge is 0.253 e. The molecule has 0 aliphatic carbocycles. The Morgan fingerprint density at radius 1 is 1.09 bits per heavy atom. The quantitative estimate of drug-likeness (QED) is 0.289. The Bertz CT molecular complexity index is 1170. The molecule has 0 saturated carbocycles. The fourth-order valence-electron chi connectivity index (χ4n) is 2.82. The van der Waals surface area contributed by atoms with Crippen LogP contribution in [0.4, 0.5) is 5.69 Å². The van der Waals surface area contributed by atoms with Crippen LogP contribution >= 0.6 is 58.2 Å². The number of aromatic amines is 1. The summed E-state index contributed by atoms with van der Waals surface area (Å²) in [6, 6.07) is 9.19. The van der Waals surface area contributed by atoms with Crippen LogP contribution in [-0.4, -0.2) is 32.7 Å². The number of rotatable bonds is 8. The van der Waals surface area contributed by atoms with Crippen LogP contribution in [0.3, 0.4) is 0 Å². The fourth-order valence-corrected chi connectivity index (χ4v) is 4.27. The Labute approximate surface area is 214 Å². The zero-order valence-corrected chi connectivity index (χ0v) is 21.3. The number of anilines is 1. The molecule has 3 N–H and O–H groups in total. The Hall–Kier alpha value is -1.97. The average Bonchev–Trinajstić information content (AvgIpc) is 3.22. The van der Waals surface area contributed by atoms with Gasteiger partial charge in [0.2, 0.25) is 11.1 Å². The lowest BCUT2D eigenvalue weighted by molar-refractivity contribution is -0.113. The number of carbonyl (C=O) groups is 2. The van der Waals surface area contributed by atoms with Crippen molar-refractivity contribution in [1.82, 2.24) is 20.5 Å². The van der Waals surface area contributed by atoms with E-state index >= 15 is 0 Å². The number of H-pyrrole nitrogens is 1. The van der Waals surface area contributed by atoms with Crippen molar-refractivity contribution >= 4 is 75.7 Å². The zero-order chi connectivity index (χ0) is 24.1. The van der Waals surface area contributed by atoms with Gasteiger partial charge in [0, 0.05) is 5.02 Å². The number of thioether (sulfide) groups is 1. The average molecular weight is 547 g/mol. The lowest BCUT2D eigenvalue weighted by Crippen LogP contribution is -2.32. The summed E-state index contributed by atoms with van der Waals surface area (Å²) >= 11 is 25.2. The topological polar surface area (TPSA) is 99.8 Å². The first kappa shape index (κ1) is 25.6. The van der Waals surface area contributed by atoms with Crippen molar-refractivity contribution in [1.29, 1.82) is 0 Å². The van der Waals surface area contributed by atoms with Crippen LogP contribution in [0.25, 0.3) is 0 Å². The van der Waals surface area contributed by atoms with Gasteiger partial charge in [-0.15, -0.1) is 5.10 Å². The lowest BCUT2D eigenvalue weighted by atomic mass is 10.0.